The Morgan fingerprint density at radius 2 is 2.14 bits per heavy atom. The van der Waals surface area contributed by atoms with E-state index in [-0.39, 0.29) is 6.10 Å². The molecule has 4 nitrogen and oxygen atoms in total. The molecule has 0 radical (unpaired) electrons. The van der Waals surface area contributed by atoms with E-state index in [2.05, 4.69) is 28.3 Å². The summed E-state index contributed by atoms with van der Waals surface area (Å²) in [6.45, 7) is 4.16. The van der Waals surface area contributed by atoms with Gasteiger partial charge in [-0.1, -0.05) is 19.1 Å². The molecule has 1 unspecified atom stereocenters. The lowest BCUT2D eigenvalue weighted by atomic mass is 10.1. The first-order valence-electron chi connectivity index (χ1n) is 7.16. The van der Waals surface area contributed by atoms with Crippen LogP contribution >= 0.6 is 11.8 Å². The van der Waals surface area contributed by atoms with E-state index in [1.54, 1.807) is 11.8 Å². The molecular weight excluding hydrogens is 282 g/mol. The van der Waals surface area contributed by atoms with Crippen LogP contribution in [0.1, 0.15) is 30.1 Å². The van der Waals surface area contributed by atoms with Crippen molar-refractivity contribution in [1.82, 2.24) is 9.97 Å². The number of benzene rings is 1. The molecule has 1 aromatic carbocycles. The summed E-state index contributed by atoms with van der Waals surface area (Å²) < 4.78 is 6.07. The summed E-state index contributed by atoms with van der Waals surface area (Å²) in [5.41, 5.74) is 2.20. The molecule has 0 saturated heterocycles. The van der Waals surface area contributed by atoms with E-state index in [1.165, 1.54) is 10.5 Å². The van der Waals surface area contributed by atoms with Crippen LogP contribution in [-0.2, 0) is 6.42 Å². The molecule has 0 saturated carbocycles. The van der Waals surface area contributed by atoms with E-state index in [4.69, 9.17) is 4.74 Å². The van der Waals surface area contributed by atoms with Crippen molar-refractivity contribution < 1.29 is 4.74 Å². The highest BCUT2D eigenvalue weighted by Gasteiger charge is 2.25. The van der Waals surface area contributed by atoms with Crippen molar-refractivity contribution in [1.29, 1.82) is 0 Å². The van der Waals surface area contributed by atoms with E-state index >= 15 is 0 Å². The predicted molar refractivity (Wildman–Crippen MR) is 86.2 cm³/mol. The van der Waals surface area contributed by atoms with Crippen molar-refractivity contribution in [3.63, 3.8) is 0 Å². The Labute approximate surface area is 129 Å². The number of anilines is 1. The first-order chi connectivity index (χ1) is 10.2. The molecule has 2 heterocycles. The second-order valence-electron chi connectivity index (χ2n) is 4.96. The average Bonchev–Trinajstić information content (AvgIpc) is 2.53. The van der Waals surface area contributed by atoms with Gasteiger partial charge in [0.1, 0.15) is 11.6 Å². The number of aromatic nitrogens is 2. The van der Waals surface area contributed by atoms with Crippen molar-refractivity contribution in [2.75, 3.05) is 18.1 Å². The van der Waals surface area contributed by atoms with Crippen LogP contribution in [0.3, 0.4) is 0 Å². The normalized spacial score (nSPS) is 17.0. The summed E-state index contributed by atoms with van der Waals surface area (Å²) in [6.07, 6.45) is 0.826. The van der Waals surface area contributed by atoms with Crippen LogP contribution in [0.4, 0.5) is 5.82 Å². The minimum atomic E-state index is -0.0957. The molecule has 0 amide bonds. The summed E-state index contributed by atoms with van der Waals surface area (Å²) in [5.74, 6) is 3.43. The van der Waals surface area contributed by atoms with Crippen LogP contribution in [-0.4, -0.2) is 22.8 Å². The number of nitrogens with zero attached hydrogens (tertiary/aromatic N) is 2. The molecule has 21 heavy (non-hydrogen) atoms. The smallest absolute Gasteiger partial charge is 0.172 e. The second-order valence-corrected chi connectivity index (χ2v) is 6.02. The monoisotopic (exact) mass is 301 g/mol. The number of ether oxygens (including phenoxy) is 1. The van der Waals surface area contributed by atoms with E-state index in [0.717, 1.165) is 35.3 Å². The van der Waals surface area contributed by atoms with Gasteiger partial charge in [-0.2, -0.15) is 0 Å². The largest absolute Gasteiger partial charge is 0.480 e. The molecule has 1 aromatic heterocycles. The Morgan fingerprint density at radius 3 is 2.90 bits per heavy atom. The van der Waals surface area contributed by atoms with Crippen LogP contribution < -0.4 is 10.1 Å². The topological polar surface area (TPSA) is 47.0 Å². The third-order valence-electron chi connectivity index (χ3n) is 3.62. The number of hydrogen-bond acceptors (Lipinski definition) is 5. The van der Waals surface area contributed by atoms with Crippen molar-refractivity contribution in [3.8, 4) is 5.75 Å². The molecule has 0 aliphatic carbocycles. The van der Waals surface area contributed by atoms with Crippen LogP contribution in [0.25, 0.3) is 0 Å². The lowest BCUT2D eigenvalue weighted by molar-refractivity contribution is 0.210. The summed E-state index contributed by atoms with van der Waals surface area (Å²) in [4.78, 5) is 10.5. The highest BCUT2D eigenvalue weighted by Crippen LogP contribution is 2.39. The molecule has 1 aliphatic heterocycles. The van der Waals surface area contributed by atoms with Gasteiger partial charge in [-0.3, -0.25) is 0 Å². The summed E-state index contributed by atoms with van der Waals surface area (Å²) in [5, 5.41) is 3.17. The molecule has 110 valence electrons. The van der Waals surface area contributed by atoms with Gasteiger partial charge in [0.15, 0.2) is 11.9 Å². The van der Waals surface area contributed by atoms with Crippen LogP contribution in [0.5, 0.6) is 5.75 Å². The minimum Gasteiger partial charge on any atom is -0.480 e. The Kier molecular flexibility index (Phi) is 4.01. The van der Waals surface area contributed by atoms with Gasteiger partial charge in [0.25, 0.3) is 0 Å². The molecule has 0 bridgehead atoms. The second kappa shape index (κ2) is 5.93. The molecule has 2 aromatic rings. The fourth-order valence-electron chi connectivity index (χ4n) is 2.54. The number of rotatable bonds is 3. The first-order valence-corrected chi connectivity index (χ1v) is 8.15. The average molecular weight is 301 g/mol. The standard InChI is InChI=1S/C16H19N3OS/c1-4-11-10(2)18-16(19-15(11)17-3)13-9-21-14-8-6-5-7-12(14)20-13/h5-8,13H,4,9H2,1-3H3,(H,17,18,19). The van der Waals surface area contributed by atoms with Crippen molar-refractivity contribution >= 4 is 17.6 Å². The zero-order valence-corrected chi connectivity index (χ0v) is 13.3. The third-order valence-corrected chi connectivity index (χ3v) is 4.74. The lowest BCUT2D eigenvalue weighted by Gasteiger charge is -2.25. The van der Waals surface area contributed by atoms with Gasteiger partial charge in [-0.15, -0.1) is 11.8 Å². The molecule has 1 N–H and O–H groups in total. The number of fused-ring (bicyclic) bond motifs is 1. The van der Waals surface area contributed by atoms with E-state index in [0.29, 0.717) is 0 Å². The van der Waals surface area contributed by atoms with Crippen LogP contribution in [0, 0.1) is 6.92 Å². The first kappa shape index (κ1) is 14.2. The molecule has 1 atom stereocenters. The number of aryl methyl sites for hydroxylation is 1. The van der Waals surface area contributed by atoms with Gasteiger partial charge in [-0.25, -0.2) is 9.97 Å². The minimum absolute atomic E-state index is 0.0957. The van der Waals surface area contributed by atoms with Gasteiger partial charge >= 0.3 is 0 Å². The molecule has 1 aliphatic rings. The Balaban J connectivity index is 1.93. The van der Waals surface area contributed by atoms with Crippen molar-refractivity contribution in [2.45, 2.75) is 31.3 Å². The van der Waals surface area contributed by atoms with E-state index in [9.17, 15) is 0 Å². The van der Waals surface area contributed by atoms with Crippen molar-refractivity contribution in [3.05, 3.63) is 41.3 Å². The maximum absolute atomic E-state index is 6.07. The van der Waals surface area contributed by atoms with Gasteiger partial charge in [0.05, 0.1) is 0 Å². The maximum atomic E-state index is 6.07. The van der Waals surface area contributed by atoms with Crippen LogP contribution in [0.15, 0.2) is 29.2 Å². The predicted octanol–water partition coefficient (Wildman–Crippen LogP) is 3.61. The van der Waals surface area contributed by atoms with Gasteiger partial charge in [0, 0.05) is 29.0 Å². The molecular formula is C16H19N3OS. The number of para-hydroxylation sites is 1. The molecule has 0 fully saturated rings. The lowest BCUT2D eigenvalue weighted by Crippen LogP contribution is -2.19. The van der Waals surface area contributed by atoms with Gasteiger partial charge in [-0.05, 0) is 25.5 Å². The maximum Gasteiger partial charge on any atom is 0.172 e. The molecule has 0 spiro atoms. The van der Waals surface area contributed by atoms with E-state index < -0.39 is 0 Å². The highest BCUT2D eigenvalue weighted by molar-refractivity contribution is 7.99. The highest BCUT2D eigenvalue weighted by atomic mass is 32.2. The number of hydrogen-bond donors (Lipinski definition) is 1. The van der Waals surface area contributed by atoms with Crippen molar-refractivity contribution in [2.24, 2.45) is 0 Å². The fraction of sp³-hybridized carbons (Fsp3) is 0.375. The summed E-state index contributed by atoms with van der Waals surface area (Å²) in [6, 6.07) is 8.11. The number of nitrogens with one attached hydrogen (secondary N) is 1. The van der Waals surface area contributed by atoms with Crippen LogP contribution in [0.2, 0.25) is 0 Å². The molecule has 3 rings (SSSR count). The fourth-order valence-corrected chi connectivity index (χ4v) is 3.52. The van der Waals surface area contributed by atoms with Gasteiger partial charge < -0.3 is 10.1 Å². The van der Waals surface area contributed by atoms with Gasteiger partial charge in [0.2, 0.25) is 0 Å². The third kappa shape index (κ3) is 2.70. The summed E-state index contributed by atoms with van der Waals surface area (Å²) >= 11 is 1.80. The zero-order chi connectivity index (χ0) is 14.8. The molecule has 5 heteroatoms. The Hall–Kier alpha value is -1.75. The zero-order valence-electron chi connectivity index (χ0n) is 12.5. The Morgan fingerprint density at radius 1 is 1.33 bits per heavy atom. The Bertz CT molecular complexity index is 660. The number of thioether (sulfide) groups is 1. The van der Waals surface area contributed by atoms with E-state index in [1.807, 2.05) is 32.2 Å². The quantitative estimate of drug-likeness (QED) is 0.938. The SMILES string of the molecule is CCc1c(C)nc(C2CSc3ccccc3O2)nc1NC. The summed E-state index contributed by atoms with van der Waals surface area (Å²) in [7, 11) is 1.90.